The fraction of sp³-hybridized carbons (Fsp3) is 0.591. The Hall–Kier alpha value is -2.37. The predicted octanol–water partition coefficient (Wildman–Crippen LogP) is 4.34. The van der Waals surface area contributed by atoms with Crippen LogP contribution in [0.4, 0.5) is 5.69 Å². The molecular formula is C22H31NO5. The highest BCUT2D eigenvalue weighted by Gasteiger charge is 2.57. The third-order valence-electron chi connectivity index (χ3n) is 5.95. The molecular weight excluding hydrogens is 358 g/mol. The van der Waals surface area contributed by atoms with Crippen molar-refractivity contribution in [2.75, 3.05) is 5.32 Å². The van der Waals surface area contributed by atoms with Crippen molar-refractivity contribution in [1.29, 1.82) is 0 Å². The summed E-state index contributed by atoms with van der Waals surface area (Å²) in [6, 6.07) is 7.61. The Morgan fingerprint density at radius 2 is 1.36 bits per heavy atom. The number of carboxylic acid groups (broad SMARTS) is 2. The van der Waals surface area contributed by atoms with Gasteiger partial charge in [0.25, 0.3) is 0 Å². The monoisotopic (exact) mass is 389 g/mol. The summed E-state index contributed by atoms with van der Waals surface area (Å²) >= 11 is 0. The van der Waals surface area contributed by atoms with Crippen LogP contribution in [-0.2, 0) is 20.8 Å². The van der Waals surface area contributed by atoms with Crippen LogP contribution in [0.5, 0.6) is 0 Å². The quantitative estimate of drug-likeness (QED) is 0.643. The summed E-state index contributed by atoms with van der Waals surface area (Å²) in [6.45, 7) is 6.86. The zero-order valence-corrected chi connectivity index (χ0v) is 17.2. The molecule has 6 nitrogen and oxygen atoms in total. The Morgan fingerprint density at radius 1 is 0.893 bits per heavy atom. The standard InChI is InChI=1S/C22H31NO5/c1-5-6-7-15-8-10-16(11-9-15)23-17(24)20(2)12-21(3,18(25)26)14-22(4,13-20)19(27)28/h8-11H,5-7,12-14H2,1-4H3,(H,23,24)(H,25,26)(H,27,28)/t20?,21-,22+. The van der Waals surface area contributed by atoms with Crippen LogP contribution in [-0.4, -0.2) is 28.1 Å². The van der Waals surface area contributed by atoms with Gasteiger partial charge < -0.3 is 15.5 Å². The molecule has 0 heterocycles. The Balaban J connectivity index is 2.24. The highest BCUT2D eigenvalue weighted by molar-refractivity contribution is 5.96. The fourth-order valence-electron chi connectivity index (χ4n) is 4.65. The van der Waals surface area contributed by atoms with Crippen molar-refractivity contribution in [3.05, 3.63) is 29.8 Å². The number of aryl methyl sites for hydroxylation is 1. The number of carbonyl (C=O) groups excluding carboxylic acids is 1. The molecule has 0 saturated heterocycles. The summed E-state index contributed by atoms with van der Waals surface area (Å²) in [7, 11) is 0. The second-order valence-electron chi connectivity index (χ2n) is 9.08. The molecule has 0 aliphatic heterocycles. The second-order valence-corrected chi connectivity index (χ2v) is 9.08. The smallest absolute Gasteiger partial charge is 0.309 e. The second kappa shape index (κ2) is 7.94. The van der Waals surface area contributed by atoms with E-state index < -0.39 is 28.2 Å². The molecule has 154 valence electrons. The number of hydrogen-bond acceptors (Lipinski definition) is 3. The number of carbonyl (C=O) groups is 3. The molecule has 1 saturated carbocycles. The molecule has 1 aliphatic rings. The third-order valence-corrected chi connectivity index (χ3v) is 5.95. The predicted molar refractivity (Wildman–Crippen MR) is 107 cm³/mol. The molecule has 0 bridgehead atoms. The van der Waals surface area contributed by atoms with Crippen molar-refractivity contribution in [2.45, 2.75) is 66.2 Å². The van der Waals surface area contributed by atoms with Gasteiger partial charge in [-0.25, -0.2) is 0 Å². The molecule has 0 aromatic heterocycles. The van der Waals surface area contributed by atoms with Crippen molar-refractivity contribution in [2.24, 2.45) is 16.2 Å². The minimum absolute atomic E-state index is 0.000335. The van der Waals surface area contributed by atoms with Crippen LogP contribution < -0.4 is 5.32 Å². The van der Waals surface area contributed by atoms with Crippen LogP contribution in [0.1, 0.15) is 65.4 Å². The van der Waals surface area contributed by atoms with E-state index >= 15 is 0 Å². The van der Waals surface area contributed by atoms with Gasteiger partial charge in [-0.1, -0.05) is 32.4 Å². The maximum atomic E-state index is 13.1. The topological polar surface area (TPSA) is 104 Å². The SMILES string of the molecule is CCCCc1ccc(NC(=O)C2(C)C[C@](C)(C(=O)O)C[C@](C)(C(=O)O)C2)cc1. The first-order chi connectivity index (χ1) is 12.9. The van der Waals surface area contributed by atoms with Crippen molar-refractivity contribution in [3.8, 4) is 0 Å². The van der Waals surface area contributed by atoms with Gasteiger partial charge in [0.2, 0.25) is 5.91 Å². The number of nitrogens with one attached hydrogen (secondary N) is 1. The normalized spacial score (nSPS) is 29.9. The van der Waals surface area contributed by atoms with Gasteiger partial charge in [0.05, 0.1) is 10.8 Å². The largest absolute Gasteiger partial charge is 0.481 e. The first kappa shape index (κ1) is 21.9. The first-order valence-electron chi connectivity index (χ1n) is 9.81. The molecule has 0 radical (unpaired) electrons. The summed E-state index contributed by atoms with van der Waals surface area (Å²) in [5.74, 6) is -2.48. The number of anilines is 1. The third kappa shape index (κ3) is 4.54. The summed E-state index contributed by atoms with van der Waals surface area (Å²) < 4.78 is 0. The Morgan fingerprint density at radius 3 is 1.79 bits per heavy atom. The van der Waals surface area contributed by atoms with E-state index in [2.05, 4.69) is 12.2 Å². The van der Waals surface area contributed by atoms with Gasteiger partial charge in [0, 0.05) is 11.1 Å². The van der Waals surface area contributed by atoms with Crippen LogP contribution in [0.3, 0.4) is 0 Å². The molecule has 6 heteroatoms. The van der Waals surface area contributed by atoms with E-state index in [0.717, 1.165) is 19.3 Å². The average Bonchev–Trinajstić information content (AvgIpc) is 2.60. The molecule has 1 fully saturated rings. The highest BCUT2D eigenvalue weighted by atomic mass is 16.4. The van der Waals surface area contributed by atoms with Gasteiger partial charge >= 0.3 is 11.9 Å². The van der Waals surface area contributed by atoms with E-state index in [-0.39, 0.29) is 25.2 Å². The molecule has 1 unspecified atom stereocenters. The average molecular weight is 389 g/mol. The van der Waals surface area contributed by atoms with E-state index in [0.29, 0.717) is 5.69 Å². The molecule has 3 N–H and O–H groups in total. The fourth-order valence-corrected chi connectivity index (χ4v) is 4.65. The van der Waals surface area contributed by atoms with Gasteiger partial charge in [-0.05, 0) is 63.6 Å². The van der Waals surface area contributed by atoms with Gasteiger partial charge in [-0.15, -0.1) is 0 Å². The number of benzene rings is 1. The zero-order valence-electron chi connectivity index (χ0n) is 17.2. The van der Waals surface area contributed by atoms with Crippen LogP contribution in [0.25, 0.3) is 0 Å². The van der Waals surface area contributed by atoms with Gasteiger partial charge in [-0.3, -0.25) is 14.4 Å². The minimum Gasteiger partial charge on any atom is -0.481 e. The van der Waals surface area contributed by atoms with E-state index in [1.807, 2.05) is 24.3 Å². The van der Waals surface area contributed by atoms with Crippen LogP contribution in [0.2, 0.25) is 0 Å². The lowest BCUT2D eigenvalue weighted by Gasteiger charge is -2.48. The van der Waals surface area contributed by atoms with Crippen LogP contribution >= 0.6 is 0 Å². The van der Waals surface area contributed by atoms with Crippen LogP contribution in [0.15, 0.2) is 24.3 Å². The van der Waals surface area contributed by atoms with Crippen LogP contribution in [0, 0.1) is 16.2 Å². The lowest BCUT2D eigenvalue weighted by atomic mass is 9.54. The van der Waals surface area contributed by atoms with Crippen molar-refractivity contribution in [3.63, 3.8) is 0 Å². The number of carboxylic acids is 2. The number of unbranched alkanes of at least 4 members (excludes halogenated alkanes) is 1. The molecule has 28 heavy (non-hydrogen) atoms. The number of hydrogen-bond donors (Lipinski definition) is 3. The van der Waals surface area contributed by atoms with Gasteiger partial charge in [0.1, 0.15) is 0 Å². The number of aliphatic carboxylic acids is 2. The Kier molecular flexibility index (Phi) is 6.21. The van der Waals surface area contributed by atoms with Gasteiger partial charge in [-0.2, -0.15) is 0 Å². The molecule has 3 atom stereocenters. The molecule has 1 aliphatic carbocycles. The van der Waals surface area contributed by atoms with E-state index in [1.165, 1.54) is 19.4 Å². The van der Waals surface area contributed by atoms with E-state index in [4.69, 9.17) is 0 Å². The molecule has 0 spiro atoms. The van der Waals surface area contributed by atoms with Crippen molar-refractivity contribution in [1.82, 2.24) is 0 Å². The van der Waals surface area contributed by atoms with E-state index in [1.54, 1.807) is 6.92 Å². The Labute approximate surface area is 166 Å². The summed E-state index contributed by atoms with van der Waals surface area (Å²) in [4.78, 5) is 36.8. The van der Waals surface area contributed by atoms with Crippen molar-refractivity contribution < 1.29 is 24.6 Å². The maximum Gasteiger partial charge on any atom is 0.309 e. The number of amides is 1. The van der Waals surface area contributed by atoms with Crippen molar-refractivity contribution >= 4 is 23.5 Å². The summed E-state index contributed by atoms with van der Waals surface area (Å²) in [5.41, 5.74) is -1.82. The lowest BCUT2D eigenvalue weighted by molar-refractivity contribution is -0.168. The van der Waals surface area contributed by atoms with E-state index in [9.17, 15) is 24.6 Å². The molecule has 1 aromatic rings. The summed E-state index contributed by atoms with van der Waals surface area (Å²) in [5, 5.41) is 22.2. The lowest BCUT2D eigenvalue weighted by Crippen LogP contribution is -2.53. The first-order valence-corrected chi connectivity index (χ1v) is 9.81. The Bertz CT molecular complexity index is 729. The minimum atomic E-state index is -1.28. The van der Waals surface area contributed by atoms with Gasteiger partial charge in [0.15, 0.2) is 0 Å². The zero-order chi connectivity index (χ0) is 21.2. The summed E-state index contributed by atoms with van der Waals surface area (Å²) in [6.07, 6.45) is 3.39. The highest BCUT2D eigenvalue weighted by Crippen LogP contribution is 2.55. The molecule has 1 aromatic carbocycles. The maximum absolute atomic E-state index is 13.1. The molecule has 2 rings (SSSR count). The number of rotatable bonds is 7. The molecule has 1 amide bonds.